The Bertz CT molecular complexity index is 509. The number of nitrogens with zero attached hydrogens (tertiary/aromatic N) is 2. The number of rotatable bonds is 3. The Balaban J connectivity index is 2.18. The molecular formula is C8H11F3N2O6S. The molecule has 0 aromatic heterocycles. The standard InChI is InChI=1S/C8H11F3N2O6S/c9-8(10,11)6(14)5-2-1-4-3-12(5)7(15)13(4)19-20(16,17)18/h4-6,14H,1-3H2,(H,16,17,18)/t4-,5+,6?/m1/s1. The summed E-state index contributed by atoms with van der Waals surface area (Å²) in [5, 5.41) is 9.54. The van der Waals surface area contributed by atoms with E-state index >= 15 is 0 Å². The van der Waals surface area contributed by atoms with Gasteiger partial charge < -0.3 is 10.0 Å². The van der Waals surface area contributed by atoms with Gasteiger partial charge in [-0.3, -0.25) is 4.55 Å². The first kappa shape index (κ1) is 15.3. The summed E-state index contributed by atoms with van der Waals surface area (Å²) >= 11 is 0. The summed E-state index contributed by atoms with van der Waals surface area (Å²) in [5.74, 6) is 0. The molecule has 3 atom stereocenters. The number of urea groups is 1. The Labute approximate surface area is 111 Å². The van der Waals surface area contributed by atoms with Gasteiger partial charge in [-0.1, -0.05) is 0 Å². The maximum absolute atomic E-state index is 12.5. The van der Waals surface area contributed by atoms with E-state index in [-0.39, 0.29) is 19.4 Å². The van der Waals surface area contributed by atoms with Gasteiger partial charge in [0, 0.05) is 6.54 Å². The number of carbonyl (C=O) groups is 1. The number of aliphatic hydroxyl groups is 1. The van der Waals surface area contributed by atoms with Crippen LogP contribution in [-0.4, -0.2) is 65.0 Å². The minimum atomic E-state index is -4.95. The molecule has 1 unspecified atom stereocenters. The van der Waals surface area contributed by atoms with E-state index in [0.29, 0.717) is 9.96 Å². The van der Waals surface area contributed by atoms with Crippen LogP contribution in [0.4, 0.5) is 18.0 Å². The number of amides is 2. The average Bonchev–Trinajstić information content (AvgIpc) is 2.51. The second kappa shape index (κ2) is 4.72. The quantitative estimate of drug-likeness (QED) is 0.704. The van der Waals surface area contributed by atoms with Gasteiger partial charge in [0.05, 0.1) is 12.1 Å². The maximum Gasteiger partial charge on any atom is 0.418 e. The summed E-state index contributed by atoms with van der Waals surface area (Å²) < 4.78 is 71.2. The number of fused-ring (bicyclic) bond motifs is 2. The number of hydrogen-bond acceptors (Lipinski definition) is 5. The Kier molecular flexibility index (Phi) is 3.60. The Morgan fingerprint density at radius 3 is 2.45 bits per heavy atom. The molecule has 2 fully saturated rings. The van der Waals surface area contributed by atoms with Crippen molar-refractivity contribution in [2.45, 2.75) is 37.2 Å². The molecule has 2 N–H and O–H groups in total. The highest BCUT2D eigenvalue weighted by Gasteiger charge is 2.54. The van der Waals surface area contributed by atoms with Crippen molar-refractivity contribution in [3.8, 4) is 0 Å². The third kappa shape index (κ3) is 2.82. The monoisotopic (exact) mass is 320 g/mol. The topological polar surface area (TPSA) is 107 Å². The van der Waals surface area contributed by atoms with Crippen molar-refractivity contribution in [1.82, 2.24) is 9.96 Å². The lowest BCUT2D eigenvalue weighted by Gasteiger charge is -2.34. The van der Waals surface area contributed by atoms with Crippen LogP contribution in [0.1, 0.15) is 12.8 Å². The highest BCUT2D eigenvalue weighted by molar-refractivity contribution is 7.80. The first-order valence-electron chi connectivity index (χ1n) is 5.52. The fourth-order valence-corrected chi connectivity index (χ4v) is 2.80. The number of piperidine rings is 1. The molecule has 2 aliphatic rings. The zero-order valence-electron chi connectivity index (χ0n) is 9.82. The van der Waals surface area contributed by atoms with Gasteiger partial charge >= 0.3 is 22.6 Å². The largest absolute Gasteiger partial charge is 0.418 e. The van der Waals surface area contributed by atoms with E-state index in [0.717, 1.165) is 0 Å². The van der Waals surface area contributed by atoms with Gasteiger partial charge in [-0.05, 0) is 12.8 Å². The molecule has 2 saturated heterocycles. The molecule has 0 aromatic carbocycles. The molecule has 116 valence electrons. The minimum absolute atomic E-state index is 0.00949. The van der Waals surface area contributed by atoms with E-state index < -0.39 is 40.8 Å². The number of aliphatic hydroxyl groups excluding tert-OH is 1. The van der Waals surface area contributed by atoms with Crippen molar-refractivity contribution in [3.05, 3.63) is 0 Å². The first-order chi connectivity index (χ1) is 9.00. The molecular weight excluding hydrogens is 309 g/mol. The SMILES string of the molecule is O=C1N2C[C@@H](CC[C@H]2C(O)C(F)(F)F)N1OS(=O)(=O)O. The zero-order chi connectivity index (χ0) is 15.3. The number of carbonyl (C=O) groups excluding carboxylic acids is 1. The van der Waals surface area contributed by atoms with E-state index in [1.54, 1.807) is 0 Å². The normalized spacial score (nSPS) is 28.9. The summed E-state index contributed by atoms with van der Waals surface area (Å²) in [4.78, 5) is 12.5. The van der Waals surface area contributed by atoms with E-state index in [2.05, 4.69) is 4.28 Å². The van der Waals surface area contributed by atoms with Crippen molar-refractivity contribution >= 4 is 16.4 Å². The molecule has 8 nitrogen and oxygen atoms in total. The molecule has 2 bridgehead atoms. The lowest BCUT2D eigenvalue weighted by Crippen LogP contribution is -2.52. The van der Waals surface area contributed by atoms with Gasteiger partial charge in [0.1, 0.15) is 0 Å². The predicted octanol–water partition coefficient (Wildman–Crippen LogP) is -0.0874. The minimum Gasteiger partial charge on any atom is -0.382 e. The van der Waals surface area contributed by atoms with Crippen molar-refractivity contribution in [2.24, 2.45) is 0 Å². The molecule has 0 aliphatic carbocycles. The van der Waals surface area contributed by atoms with Gasteiger partial charge in [-0.2, -0.15) is 26.7 Å². The fraction of sp³-hybridized carbons (Fsp3) is 0.875. The van der Waals surface area contributed by atoms with Crippen molar-refractivity contribution in [1.29, 1.82) is 0 Å². The van der Waals surface area contributed by atoms with Crippen molar-refractivity contribution < 1.29 is 40.3 Å². The van der Waals surface area contributed by atoms with E-state index in [4.69, 9.17) is 4.55 Å². The van der Waals surface area contributed by atoms with Crippen molar-refractivity contribution in [2.75, 3.05) is 6.54 Å². The molecule has 0 aromatic rings. The van der Waals surface area contributed by atoms with Gasteiger partial charge in [0.25, 0.3) is 0 Å². The second-order valence-corrected chi connectivity index (χ2v) is 5.55. The van der Waals surface area contributed by atoms with Crippen LogP contribution < -0.4 is 0 Å². The summed E-state index contributed by atoms with van der Waals surface area (Å²) in [6, 6.07) is -3.44. The average molecular weight is 320 g/mol. The smallest absolute Gasteiger partial charge is 0.382 e. The van der Waals surface area contributed by atoms with E-state index in [1.165, 1.54) is 0 Å². The molecule has 2 aliphatic heterocycles. The van der Waals surface area contributed by atoms with Gasteiger partial charge in [-0.25, -0.2) is 4.79 Å². The third-order valence-corrected chi connectivity index (χ3v) is 3.59. The number of alkyl halides is 3. The molecule has 2 heterocycles. The van der Waals surface area contributed by atoms with Crippen LogP contribution in [0.5, 0.6) is 0 Å². The van der Waals surface area contributed by atoms with Crippen LogP contribution in [0, 0.1) is 0 Å². The van der Waals surface area contributed by atoms with Crippen LogP contribution in [0.3, 0.4) is 0 Å². The number of halogens is 3. The Hall–Kier alpha value is -1.11. The van der Waals surface area contributed by atoms with Crippen LogP contribution in [0.15, 0.2) is 0 Å². The lowest BCUT2D eigenvalue weighted by molar-refractivity contribution is -0.220. The van der Waals surface area contributed by atoms with Crippen LogP contribution in [0.25, 0.3) is 0 Å². The number of hydrogen-bond donors (Lipinski definition) is 2. The Morgan fingerprint density at radius 1 is 1.35 bits per heavy atom. The zero-order valence-corrected chi connectivity index (χ0v) is 10.6. The molecule has 2 rings (SSSR count). The highest BCUT2D eigenvalue weighted by atomic mass is 32.3. The van der Waals surface area contributed by atoms with Gasteiger partial charge in [0.15, 0.2) is 6.10 Å². The summed E-state index contributed by atoms with van der Waals surface area (Å²) in [5.41, 5.74) is 0. The molecule has 0 spiro atoms. The van der Waals surface area contributed by atoms with E-state index in [9.17, 15) is 31.5 Å². The Morgan fingerprint density at radius 2 is 1.95 bits per heavy atom. The van der Waals surface area contributed by atoms with Crippen LogP contribution in [-0.2, 0) is 14.7 Å². The molecule has 12 heteroatoms. The first-order valence-corrected chi connectivity index (χ1v) is 6.89. The highest BCUT2D eigenvalue weighted by Crippen LogP contribution is 2.36. The molecule has 0 saturated carbocycles. The summed E-state index contributed by atoms with van der Waals surface area (Å²) in [6.45, 7) is -0.216. The lowest BCUT2D eigenvalue weighted by atomic mass is 9.96. The van der Waals surface area contributed by atoms with E-state index in [1.807, 2.05) is 0 Å². The predicted molar refractivity (Wildman–Crippen MR) is 55.4 cm³/mol. The number of hydroxylamine groups is 2. The summed E-state index contributed by atoms with van der Waals surface area (Å²) in [6.07, 6.45) is -7.77. The second-order valence-electron chi connectivity index (χ2n) is 4.55. The van der Waals surface area contributed by atoms with Crippen LogP contribution in [0.2, 0.25) is 0 Å². The molecule has 0 radical (unpaired) electrons. The fourth-order valence-electron chi connectivity index (χ4n) is 2.41. The maximum atomic E-state index is 12.5. The molecule has 20 heavy (non-hydrogen) atoms. The third-order valence-electron chi connectivity index (χ3n) is 3.24. The van der Waals surface area contributed by atoms with Crippen molar-refractivity contribution in [3.63, 3.8) is 0 Å². The van der Waals surface area contributed by atoms with Gasteiger partial charge in [0.2, 0.25) is 0 Å². The van der Waals surface area contributed by atoms with Crippen LogP contribution >= 0.6 is 0 Å². The van der Waals surface area contributed by atoms with Gasteiger partial charge in [-0.15, -0.1) is 4.28 Å². The molecule has 2 amide bonds. The summed E-state index contributed by atoms with van der Waals surface area (Å²) in [7, 11) is -4.95.